The van der Waals surface area contributed by atoms with Crippen molar-refractivity contribution in [2.75, 3.05) is 13.9 Å². The van der Waals surface area contributed by atoms with Gasteiger partial charge in [0.05, 0.1) is 7.11 Å². The third kappa shape index (κ3) is 5.44. The molecule has 0 saturated carbocycles. The SMILES string of the molecule is COc1cc([C@H]2CC(OCc3ccccc3)=CC(=O)[C@@H]2NC(=O)OC(C)(C)C)cc2c1OCO2. The van der Waals surface area contributed by atoms with E-state index in [1.54, 1.807) is 26.8 Å². The van der Waals surface area contributed by atoms with Crippen LogP contribution in [0.3, 0.4) is 0 Å². The van der Waals surface area contributed by atoms with Gasteiger partial charge in [0, 0.05) is 18.4 Å². The zero-order chi connectivity index (χ0) is 24.3. The van der Waals surface area contributed by atoms with Crippen molar-refractivity contribution < 1.29 is 33.3 Å². The number of amides is 1. The van der Waals surface area contributed by atoms with Gasteiger partial charge in [-0.2, -0.15) is 0 Å². The number of nitrogens with one attached hydrogen (secondary N) is 1. The van der Waals surface area contributed by atoms with Gasteiger partial charge in [-0.25, -0.2) is 4.79 Å². The molecule has 2 aromatic rings. The van der Waals surface area contributed by atoms with Crippen LogP contribution >= 0.6 is 0 Å². The first kappa shape index (κ1) is 23.5. The molecule has 1 N–H and O–H groups in total. The molecule has 1 amide bonds. The summed E-state index contributed by atoms with van der Waals surface area (Å²) >= 11 is 0. The van der Waals surface area contributed by atoms with Gasteiger partial charge in [0.15, 0.2) is 17.3 Å². The first-order valence-electron chi connectivity index (χ1n) is 11.1. The van der Waals surface area contributed by atoms with Crippen molar-refractivity contribution in [3.05, 3.63) is 65.4 Å². The van der Waals surface area contributed by atoms with Crippen LogP contribution in [0.5, 0.6) is 17.2 Å². The number of hydrogen-bond acceptors (Lipinski definition) is 7. The monoisotopic (exact) mass is 467 g/mol. The molecular weight excluding hydrogens is 438 g/mol. The lowest BCUT2D eigenvalue weighted by Gasteiger charge is -2.32. The highest BCUT2D eigenvalue weighted by Crippen LogP contribution is 2.45. The molecule has 4 rings (SSSR count). The summed E-state index contributed by atoms with van der Waals surface area (Å²) < 4.78 is 27.9. The minimum atomic E-state index is -0.844. The molecule has 0 fully saturated rings. The highest BCUT2D eigenvalue weighted by atomic mass is 16.7. The summed E-state index contributed by atoms with van der Waals surface area (Å²) in [5.74, 6) is 1.37. The minimum Gasteiger partial charge on any atom is -0.493 e. The normalized spacial score (nSPS) is 19.3. The molecule has 2 aromatic carbocycles. The van der Waals surface area contributed by atoms with Crippen molar-refractivity contribution in [1.82, 2.24) is 5.32 Å². The van der Waals surface area contributed by atoms with Crippen LogP contribution in [-0.2, 0) is 20.9 Å². The number of benzene rings is 2. The zero-order valence-corrected chi connectivity index (χ0v) is 19.8. The number of carbonyl (C=O) groups excluding carboxylic acids is 2. The van der Waals surface area contributed by atoms with Crippen LogP contribution in [0.2, 0.25) is 0 Å². The average Bonchev–Trinajstić information content (AvgIpc) is 3.27. The first-order valence-corrected chi connectivity index (χ1v) is 11.1. The van der Waals surface area contributed by atoms with E-state index in [0.717, 1.165) is 11.1 Å². The number of fused-ring (bicyclic) bond motifs is 1. The first-order chi connectivity index (χ1) is 16.2. The van der Waals surface area contributed by atoms with Crippen LogP contribution in [0, 0.1) is 0 Å². The van der Waals surface area contributed by atoms with Gasteiger partial charge in [-0.3, -0.25) is 4.79 Å². The Morgan fingerprint density at radius 1 is 1.15 bits per heavy atom. The Morgan fingerprint density at radius 3 is 2.62 bits per heavy atom. The molecule has 180 valence electrons. The van der Waals surface area contributed by atoms with Crippen LogP contribution in [-0.4, -0.2) is 37.4 Å². The van der Waals surface area contributed by atoms with Gasteiger partial charge in [-0.05, 0) is 44.0 Å². The summed E-state index contributed by atoms with van der Waals surface area (Å²) in [6.45, 7) is 5.73. The van der Waals surface area contributed by atoms with E-state index < -0.39 is 23.7 Å². The molecule has 8 nitrogen and oxygen atoms in total. The molecule has 0 bridgehead atoms. The van der Waals surface area contributed by atoms with E-state index in [2.05, 4.69) is 5.32 Å². The summed E-state index contributed by atoms with van der Waals surface area (Å²) in [7, 11) is 1.54. The number of ketones is 1. The fourth-order valence-corrected chi connectivity index (χ4v) is 3.97. The summed E-state index contributed by atoms with van der Waals surface area (Å²) in [4.78, 5) is 25.7. The molecule has 0 saturated heterocycles. The lowest BCUT2D eigenvalue weighted by atomic mass is 9.81. The molecular formula is C26H29NO7. The predicted molar refractivity (Wildman–Crippen MR) is 124 cm³/mol. The number of rotatable bonds is 6. The van der Waals surface area contributed by atoms with Crippen LogP contribution in [0.1, 0.15) is 44.2 Å². The Balaban J connectivity index is 1.62. The maximum atomic E-state index is 13.2. The summed E-state index contributed by atoms with van der Waals surface area (Å²) in [5, 5.41) is 2.75. The van der Waals surface area contributed by atoms with Crippen molar-refractivity contribution in [1.29, 1.82) is 0 Å². The average molecular weight is 468 g/mol. The van der Waals surface area contributed by atoms with Crippen molar-refractivity contribution in [2.24, 2.45) is 0 Å². The lowest BCUT2D eigenvalue weighted by Crippen LogP contribution is -2.48. The smallest absolute Gasteiger partial charge is 0.408 e. The topological polar surface area (TPSA) is 92.3 Å². The second-order valence-electron chi connectivity index (χ2n) is 9.18. The van der Waals surface area contributed by atoms with E-state index in [9.17, 15) is 9.59 Å². The second kappa shape index (κ2) is 9.67. The van der Waals surface area contributed by atoms with E-state index in [1.165, 1.54) is 13.2 Å². The Hall–Kier alpha value is -3.68. The van der Waals surface area contributed by atoms with Crippen LogP contribution < -0.4 is 19.5 Å². The van der Waals surface area contributed by atoms with Gasteiger partial charge >= 0.3 is 6.09 Å². The number of hydrogen-bond donors (Lipinski definition) is 1. The predicted octanol–water partition coefficient (Wildman–Crippen LogP) is 4.47. The molecule has 0 unspecified atom stereocenters. The van der Waals surface area contributed by atoms with Crippen molar-refractivity contribution in [3.8, 4) is 17.2 Å². The molecule has 1 aliphatic heterocycles. The Labute approximate surface area is 198 Å². The van der Waals surface area contributed by atoms with Gasteiger partial charge in [0.1, 0.15) is 24.0 Å². The molecule has 0 radical (unpaired) electrons. The Kier molecular flexibility index (Phi) is 6.68. The molecule has 2 atom stereocenters. The number of ether oxygens (including phenoxy) is 5. The van der Waals surface area contributed by atoms with Gasteiger partial charge in [-0.1, -0.05) is 30.3 Å². The number of methoxy groups -OCH3 is 1. The van der Waals surface area contributed by atoms with E-state index >= 15 is 0 Å². The van der Waals surface area contributed by atoms with Crippen LogP contribution in [0.4, 0.5) is 4.79 Å². The lowest BCUT2D eigenvalue weighted by molar-refractivity contribution is -0.118. The molecule has 0 aromatic heterocycles. The quantitative estimate of drug-likeness (QED) is 0.670. The third-order valence-electron chi connectivity index (χ3n) is 5.48. The standard InChI is InChI=1S/C26H29NO7/c1-26(2,3)34-25(29)27-23-19(17-10-21(30-4)24-22(11-17)32-15-33-24)12-18(13-20(23)28)31-14-16-8-6-5-7-9-16/h5-11,13,19,23H,12,14-15H2,1-4H3,(H,27,29)/t19-,23-/m1/s1. The third-order valence-corrected chi connectivity index (χ3v) is 5.48. The zero-order valence-electron chi connectivity index (χ0n) is 19.8. The van der Waals surface area contributed by atoms with Gasteiger partial charge in [0.2, 0.25) is 12.5 Å². The van der Waals surface area contributed by atoms with E-state index in [0.29, 0.717) is 36.0 Å². The Bertz CT molecular complexity index is 1090. The van der Waals surface area contributed by atoms with Crippen molar-refractivity contribution in [2.45, 2.75) is 51.4 Å². The fraction of sp³-hybridized carbons (Fsp3) is 0.385. The highest BCUT2D eigenvalue weighted by molar-refractivity contribution is 5.98. The van der Waals surface area contributed by atoms with Gasteiger partial charge < -0.3 is 29.0 Å². The Morgan fingerprint density at radius 2 is 1.91 bits per heavy atom. The van der Waals surface area contributed by atoms with Crippen molar-refractivity contribution in [3.63, 3.8) is 0 Å². The maximum absolute atomic E-state index is 13.2. The molecule has 34 heavy (non-hydrogen) atoms. The summed E-state index contributed by atoms with van der Waals surface area (Å²) in [6, 6.07) is 12.5. The molecule has 0 spiro atoms. The summed E-state index contributed by atoms with van der Waals surface area (Å²) in [5.41, 5.74) is 1.05. The van der Waals surface area contributed by atoms with Crippen LogP contribution in [0.25, 0.3) is 0 Å². The maximum Gasteiger partial charge on any atom is 0.408 e. The van der Waals surface area contributed by atoms with E-state index in [-0.39, 0.29) is 12.6 Å². The highest BCUT2D eigenvalue weighted by Gasteiger charge is 2.37. The molecule has 1 aliphatic carbocycles. The van der Waals surface area contributed by atoms with Crippen molar-refractivity contribution >= 4 is 11.9 Å². The van der Waals surface area contributed by atoms with E-state index in [1.807, 2.05) is 36.4 Å². The molecule has 8 heteroatoms. The van der Waals surface area contributed by atoms with Gasteiger partial charge in [0.25, 0.3) is 0 Å². The number of alkyl carbamates (subject to hydrolysis) is 1. The van der Waals surface area contributed by atoms with Crippen LogP contribution in [0.15, 0.2) is 54.3 Å². The molecule has 1 heterocycles. The minimum absolute atomic E-state index is 0.0870. The summed E-state index contributed by atoms with van der Waals surface area (Å²) in [6.07, 6.45) is 1.18. The molecule has 2 aliphatic rings. The second-order valence-corrected chi connectivity index (χ2v) is 9.18. The fourth-order valence-electron chi connectivity index (χ4n) is 3.97. The number of allylic oxidation sites excluding steroid dienone is 1. The van der Waals surface area contributed by atoms with Gasteiger partial charge in [-0.15, -0.1) is 0 Å². The number of carbonyl (C=O) groups is 2. The van der Waals surface area contributed by atoms with E-state index in [4.69, 9.17) is 23.7 Å². The largest absolute Gasteiger partial charge is 0.493 e.